The summed E-state index contributed by atoms with van der Waals surface area (Å²) in [5, 5.41) is 36.0. The second-order valence-corrected chi connectivity index (χ2v) is 9.49. The van der Waals surface area contributed by atoms with Crippen molar-refractivity contribution in [3.63, 3.8) is 0 Å². The molecule has 1 saturated heterocycles. The molecule has 5 atom stereocenters. The molecule has 0 saturated carbocycles. The van der Waals surface area contributed by atoms with E-state index in [1.807, 2.05) is 13.1 Å². The predicted molar refractivity (Wildman–Crippen MR) is 145 cm³/mol. The van der Waals surface area contributed by atoms with Crippen LogP contribution in [0.2, 0.25) is 5.02 Å². The van der Waals surface area contributed by atoms with Gasteiger partial charge in [-0.1, -0.05) is 23.7 Å². The van der Waals surface area contributed by atoms with E-state index in [2.05, 4.69) is 10.6 Å². The molecule has 2 aromatic rings. The second kappa shape index (κ2) is 15.1. The SMILES string of the molecule is CNCCCC(=O)Nc1cccc(COc2c(Cl)cc(C(=O)OC[C@H]3O[C@@H](OC)[C@H](O)[C@@H](O)[C@@H]3O)cc2OC)c1. The Labute approximate surface area is 237 Å². The second-order valence-electron chi connectivity index (χ2n) is 9.08. The van der Waals surface area contributed by atoms with Gasteiger partial charge in [0.2, 0.25) is 5.91 Å². The number of benzene rings is 2. The van der Waals surface area contributed by atoms with Crippen molar-refractivity contribution in [2.45, 2.75) is 50.2 Å². The lowest BCUT2D eigenvalue weighted by atomic mass is 9.99. The van der Waals surface area contributed by atoms with Gasteiger partial charge in [0.1, 0.15) is 37.6 Å². The number of aliphatic hydroxyl groups is 3. The third-order valence-corrected chi connectivity index (χ3v) is 6.45. The van der Waals surface area contributed by atoms with Gasteiger partial charge in [0.15, 0.2) is 17.8 Å². The molecule has 2 aromatic carbocycles. The summed E-state index contributed by atoms with van der Waals surface area (Å²) in [7, 11) is 4.49. The number of rotatable bonds is 13. The number of anilines is 1. The van der Waals surface area contributed by atoms with Gasteiger partial charge in [-0.3, -0.25) is 4.79 Å². The van der Waals surface area contributed by atoms with Crippen LogP contribution in [-0.2, 0) is 25.6 Å². The smallest absolute Gasteiger partial charge is 0.338 e. The van der Waals surface area contributed by atoms with E-state index in [-0.39, 0.29) is 34.6 Å². The molecule has 1 aliphatic rings. The van der Waals surface area contributed by atoms with Gasteiger partial charge in [-0.25, -0.2) is 4.79 Å². The van der Waals surface area contributed by atoms with Crippen LogP contribution in [0, 0.1) is 0 Å². The minimum atomic E-state index is -1.55. The highest BCUT2D eigenvalue weighted by Crippen LogP contribution is 2.37. The number of carbonyl (C=O) groups excluding carboxylic acids is 2. The Kier molecular flexibility index (Phi) is 11.9. The Morgan fingerprint density at radius 2 is 1.85 bits per heavy atom. The molecule has 12 nitrogen and oxygen atoms in total. The molecule has 13 heteroatoms. The van der Waals surface area contributed by atoms with E-state index in [1.54, 1.807) is 18.2 Å². The minimum absolute atomic E-state index is 0.0476. The molecular weight excluding hydrogens is 548 g/mol. The fourth-order valence-electron chi connectivity index (χ4n) is 4.01. The first-order chi connectivity index (χ1) is 19.2. The van der Waals surface area contributed by atoms with Crippen molar-refractivity contribution in [1.29, 1.82) is 0 Å². The number of methoxy groups -OCH3 is 2. The zero-order chi connectivity index (χ0) is 29.2. The van der Waals surface area contributed by atoms with Crippen molar-refractivity contribution in [3.8, 4) is 11.5 Å². The van der Waals surface area contributed by atoms with Gasteiger partial charge >= 0.3 is 5.97 Å². The van der Waals surface area contributed by atoms with Crippen molar-refractivity contribution in [1.82, 2.24) is 5.32 Å². The highest BCUT2D eigenvalue weighted by molar-refractivity contribution is 6.32. The van der Waals surface area contributed by atoms with Crippen molar-refractivity contribution in [2.75, 3.05) is 39.7 Å². The molecule has 1 fully saturated rings. The van der Waals surface area contributed by atoms with E-state index in [4.69, 9.17) is 35.3 Å². The minimum Gasteiger partial charge on any atom is -0.493 e. The zero-order valence-electron chi connectivity index (χ0n) is 22.5. The first-order valence-electron chi connectivity index (χ1n) is 12.6. The van der Waals surface area contributed by atoms with Crippen LogP contribution in [0.1, 0.15) is 28.8 Å². The Morgan fingerprint density at radius 3 is 2.55 bits per heavy atom. The monoisotopic (exact) mass is 582 g/mol. The summed E-state index contributed by atoms with van der Waals surface area (Å²) in [4.78, 5) is 24.8. The number of aliphatic hydroxyl groups excluding tert-OH is 3. The average molecular weight is 583 g/mol. The number of amides is 1. The molecule has 0 radical (unpaired) electrons. The van der Waals surface area contributed by atoms with Gasteiger partial charge in [-0.15, -0.1) is 0 Å². The molecule has 40 heavy (non-hydrogen) atoms. The van der Waals surface area contributed by atoms with Crippen molar-refractivity contribution in [3.05, 3.63) is 52.5 Å². The van der Waals surface area contributed by atoms with Gasteiger partial charge in [-0.05, 0) is 49.8 Å². The van der Waals surface area contributed by atoms with Gasteiger partial charge in [-0.2, -0.15) is 0 Å². The molecule has 0 aliphatic carbocycles. The van der Waals surface area contributed by atoms with Crippen LogP contribution in [0.4, 0.5) is 5.69 Å². The molecule has 220 valence electrons. The van der Waals surface area contributed by atoms with E-state index in [9.17, 15) is 24.9 Å². The van der Waals surface area contributed by atoms with Crippen LogP contribution in [0.25, 0.3) is 0 Å². The maximum Gasteiger partial charge on any atom is 0.338 e. The third-order valence-electron chi connectivity index (χ3n) is 6.17. The summed E-state index contributed by atoms with van der Waals surface area (Å²) in [5.41, 5.74) is 1.45. The lowest BCUT2D eigenvalue weighted by Crippen LogP contribution is -2.59. The zero-order valence-corrected chi connectivity index (χ0v) is 23.2. The van der Waals surface area contributed by atoms with Crippen LogP contribution in [0.15, 0.2) is 36.4 Å². The summed E-state index contributed by atoms with van der Waals surface area (Å²) in [6.45, 7) is 0.432. The fourth-order valence-corrected chi connectivity index (χ4v) is 4.28. The molecule has 0 spiro atoms. The molecular formula is C27H35ClN2O10. The Balaban J connectivity index is 1.62. The molecule has 1 heterocycles. The van der Waals surface area contributed by atoms with Crippen molar-refractivity contribution in [2.24, 2.45) is 0 Å². The predicted octanol–water partition coefficient (Wildman–Crippen LogP) is 1.48. The van der Waals surface area contributed by atoms with Crippen molar-refractivity contribution < 1.29 is 48.6 Å². The van der Waals surface area contributed by atoms with Gasteiger partial charge < -0.3 is 49.6 Å². The number of carbonyl (C=O) groups is 2. The quantitative estimate of drug-likeness (QED) is 0.171. The molecule has 0 aromatic heterocycles. The summed E-state index contributed by atoms with van der Waals surface area (Å²) < 4.78 is 26.8. The Bertz CT molecular complexity index is 1150. The first-order valence-corrected chi connectivity index (χ1v) is 13.0. The molecule has 1 aliphatic heterocycles. The number of nitrogens with one attached hydrogen (secondary N) is 2. The number of esters is 1. The van der Waals surface area contributed by atoms with E-state index < -0.39 is 43.3 Å². The third kappa shape index (κ3) is 8.27. The van der Waals surface area contributed by atoms with Crippen LogP contribution in [0.3, 0.4) is 0 Å². The van der Waals surface area contributed by atoms with E-state index >= 15 is 0 Å². The van der Waals surface area contributed by atoms with Crippen LogP contribution < -0.4 is 20.1 Å². The van der Waals surface area contributed by atoms with Gasteiger partial charge in [0, 0.05) is 19.2 Å². The number of hydrogen-bond acceptors (Lipinski definition) is 11. The average Bonchev–Trinajstić information content (AvgIpc) is 2.94. The maximum atomic E-state index is 12.7. The van der Waals surface area contributed by atoms with E-state index in [0.29, 0.717) is 12.1 Å². The number of ether oxygens (including phenoxy) is 5. The first kappa shape index (κ1) is 31.6. The molecule has 0 unspecified atom stereocenters. The normalized spacial score (nSPS) is 22.4. The molecule has 0 bridgehead atoms. The lowest BCUT2D eigenvalue weighted by Gasteiger charge is -2.39. The largest absolute Gasteiger partial charge is 0.493 e. The molecule has 1 amide bonds. The lowest BCUT2D eigenvalue weighted by molar-refractivity contribution is -0.294. The highest BCUT2D eigenvalue weighted by Gasteiger charge is 2.44. The Morgan fingerprint density at radius 1 is 1.07 bits per heavy atom. The summed E-state index contributed by atoms with van der Waals surface area (Å²) in [6, 6.07) is 9.92. The van der Waals surface area contributed by atoms with Gasteiger partial charge in [0.05, 0.1) is 17.7 Å². The number of halogens is 1. The van der Waals surface area contributed by atoms with E-state index in [0.717, 1.165) is 18.5 Å². The summed E-state index contributed by atoms with van der Waals surface area (Å²) >= 11 is 6.41. The fraction of sp³-hybridized carbons (Fsp3) is 0.481. The highest BCUT2D eigenvalue weighted by atomic mass is 35.5. The summed E-state index contributed by atoms with van der Waals surface area (Å²) in [6.07, 6.45) is -5.73. The summed E-state index contributed by atoms with van der Waals surface area (Å²) in [5.74, 6) is -0.499. The van der Waals surface area contributed by atoms with Crippen LogP contribution in [0.5, 0.6) is 11.5 Å². The maximum absolute atomic E-state index is 12.7. The van der Waals surface area contributed by atoms with E-state index in [1.165, 1.54) is 26.4 Å². The van der Waals surface area contributed by atoms with Crippen LogP contribution in [-0.4, -0.2) is 92.3 Å². The molecule has 5 N–H and O–H groups in total. The van der Waals surface area contributed by atoms with Gasteiger partial charge in [0.25, 0.3) is 0 Å². The topological polar surface area (TPSA) is 165 Å². The van der Waals surface area contributed by atoms with Crippen LogP contribution >= 0.6 is 11.6 Å². The molecule has 3 rings (SSSR count). The Hall–Kier alpha value is -2.97. The standard InChI is InChI=1S/C27H35ClN2O10/c1-29-9-5-8-21(31)30-17-7-4-6-15(10-17)13-38-25-18(28)11-16(12-19(25)36-2)26(35)39-14-20-22(32)23(33)24(34)27(37-3)40-20/h4,6-7,10-12,20,22-24,27,29,32-34H,5,8-9,13-14H2,1-3H3,(H,30,31)/t20-,22-,23+,24-,27-/m1/s1. The van der Waals surface area contributed by atoms with Crippen molar-refractivity contribution >= 4 is 29.2 Å². The number of hydrogen-bond donors (Lipinski definition) is 5.